The summed E-state index contributed by atoms with van der Waals surface area (Å²) in [6.07, 6.45) is 2.01. The van der Waals surface area contributed by atoms with Gasteiger partial charge in [-0.2, -0.15) is 11.8 Å². The van der Waals surface area contributed by atoms with Crippen molar-refractivity contribution in [3.63, 3.8) is 0 Å². The number of thioether (sulfide) groups is 1. The van der Waals surface area contributed by atoms with Gasteiger partial charge in [-0.05, 0) is 36.1 Å². The van der Waals surface area contributed by atoms with E-state index in [1.54, 1.807) is 11.8 Å². The Kier molecular flexibility index (Phi) is 5.43. The third-order valence-electron chi connectivity index (χ3n) is 2.36. The van der Waals surface area contributed by atoms with Crippen LogP contribution in [0, 0.1) is 11.7 Å². The second kappa shape index (κ2) is 6.40. The Morgan fingerprint density at radius 3 is 2.67 bits per heavy atom. The van der Waals surface area contributed by atoms with Gasteiger partial charge in [-0.15, -0.1) is 0 Å². The summed E-state index contributed by atoms with van der Waals surface area (Å²) in [5, 5.41) is 7.87. The molecule has 1 unspecified atom stereocenters. The minimum absolute atomic E-state index is 0.220. The molecule has 1 atom stereocenters. The van der Waals surface area contributed by atoms with Crippen molar-refractivity contribution in [1.82, 2.24) is 0 Å². The molecule has 0 aromatic heterocycles. The van der Waals surface area contributed by atoms with Gasteiger partial charge in [0.15, 0.2) is 0 Å². The Bertz CT molecular complexity index is 506. The number of halogens is 1. The highest BCUT2D eigenvalue weighted by Crippen LogP contribution is 2.18. The monoisotopic (exact) mass is 292 g/mol. The Hall–Kier alpha value is -0.790. The molecule has 1 aromatic carbocycles. The molecule has 0 saturated carbocycles. The lowest BCUT2D eigenvalue weighted by Crippen LogP contribution is -2.15. The van der Waals surface area contributed by atoms with Crippen LogP contribution in [0.3, 0.4) is 0 Å². The van der Waals surface area contributed by atoms with Crippen molar-refractivity contribution in [3.05, 3.63) is 24.0 Å². The van der Waals surface area contributed by atoms with Crippen LogP contribution in [0.1, 0.15) is 6.92 Å². The molecule has 18 heavy (non-hydrogen) atoms. The van der Waals surface area contributed by atoms with Gasteiger partial charge in [0.2, 0.25) is 10.0 Å². The molecule has 4 nitrogen and oxygen atoms in total. The molecule has 0 aliphatic rings. The van der Waals surface area contributed by atoms with E-state index in [1.165, 1.54) is 12.1 Å². The molecule has 0 aliphatic carbocycles. The molecule has 1 aromatic rings. The van der Waals surface area contributed by atoms with Crippen molar-refractivity contribution in [2.45, 2.75) is 11.8 Å². The second-order valence-corrected chi connectivity index (χ2v) is 6.60. The first-order valence-corrected chi connectivity index (χ1v) is 8.33. The van der Waals surface area contributed by atoms with Crippen LogP contribution in [0.25, 0.3) is 0 Å². The Labute approximate surface area is 111 Å². The number of nitrogens with one attached hydrogen (secondary N) is 1. The average Bonchev–Trinajstić information content (AvgIpc) is 2.26. The maximum atomic E-state index is 13.6. The molecule has 1 rings (SSSR count). The van der Waals surface area contributed by atoms with E-state index in [0.717, 1.165) is 11.8 Å². The predicted octanol–water partition coefficient (Wildman–Crippen LogP) is 1.88. The Balaban J connectivity index is 2.75. The lowest BCUT2D eigenvalue weighted by Gasteiger charge is -2.13. The van der Waals surface area contributed by atoms with Gasteiger partial charge in [-0.1, -0.05) is 6.92 Å². The van der Waals surface area contributed by atoms with E-state index in [4.69, 9.17) is 5.14 Å². The number of hydrogen-bond acceptors (Lipinski definition) is 4. The molecule has 0 bridgehead atoms. The highest BCUT2D eigenvalue weighted by Gasteiger charge is 2.11. The van der Waals surface area contributed by atoms with Gasteiger partial charge in [0.25, 0.3) is 0 Å². The van der Waals surface area contributed by atoms with Crippen molar-refractivity contribution in [2.24, 2.45) is 11.1 Å². The lowest BCUT2D eigenvalue weighted by molar-refractivity contribution is 0.592. The summed E-state index contributed by atoms with van der Waals surface area (Å²) in [6.45, 7) is 2.69. The summed E-state index contributed by atoms with van der Waals surface area (Å²) in [5.74, 6) is 0.763. The van der Waals surface area contributed by atoms with Crippen molar-refractivity contribution in [2.75, 3.05) is 23.9 Å². The molecule has 0 spiro atoms. The highest BCUT2D eigenvalue weighted by atomic mass is 32.2. The fourth-order valence-corrected chi connectivity index (χ4v) is 2.66. The van der Waals surface area contributed by atoms with Gasteiger partial charge in [0.1, 0.15) is 5.82 Å². The van der Waals surface area contributed by atoms with Gasteiger partial charge in [-0.25, -0.2) is 17.9 Å². The number of benzene rings is 1. The van der Waals surface area contributed by atoms with E-state index in [0.29, 0.717) is 12.5 Å². The number of hydrogen-bond donors (Lipinski definition) is 2. The van der Waals surface area contributed by atoms with Crippen molar-refractivity contribution in [3.8, 4) is 0 Å². The SMILES string of the molecule is CSCC(C)CNc1ccc(S(N)(=O)=O)cc1F. The molecule has 3 N–H and O–H groups in total. The standard InChI is InChI=1S/C11H17FN2O2S2/c1-8(7-17-2)6-14-11-4-3-9(5-10(11)12)18(13,15)16/h3-5,8,14H,6-7H2,1-2H3,(H2,13,15,16). The topological polar surface area (TPSA) is 72.2 Å². The first-order chi connectivity index (χ1) is 8.34. The fraction of sp³-hybridized carbons (Fsp3) is 0.455. The van der Waals surface area contributed by atoms with Crippen molar-refractivity contribution < 1.29 is 12.8 Å². The molecular weight excluding hydrogens is 275 g/mol. The Morgan fingerprint density at radius 2 is 2.17 bits per heavy atom. The van der Waals surface area contributed by atoms with Crippen LogP contribution >= 0.6 is 11.8 Å². The molecule has 7 heteroatoms. The van der Waals surface area contributed by atoms with Crippen LogP contribution in [0.2, 0.25) is 0 Å². The number of sulfonamides is 1. The first-order valence-electron chi connectivity index (χ1n) is 5.39. The predicted molar refractivity (Wildman–Crippen MR) is 73.8 cm³/mol. The summed E-state index contributed by atoms with van der Waals surface area (Å²) in [5.41, 5.74) is 0.287. The first kappa shape index (κ1) is 15.3. The molecule has 0 heterocycles. The minimum Gasteiger partial charge on any atom is -0.382 e. The Morgan fingerprint density at radius 1 is 1.50 bits per heavy atom. The van der Waals surface area contributed by atoms with Gasteiger partial charge in [-0.3, -0.25) is 0 Å². The number of primary sulfonamides is 1. The molecular formula is C11H17FN2O2S2. The largest absolute Gasteiger partial charge is 0.382 e. The molecule has 0 saturated heterocycles. The van der Waals surface area contributed by atoms with Gasteiger partial charge < -0.3 is 5.32 Å². The molecule has 0 radical (unpaired) electrons. The van der Waals surface area contributed by atoms with E-state index in [9.17, 15) is 12.8 Å². The zero-order chi connectivity index (χ0) is 13.8. The fourth-order valence-electron chi connectivity index (χ4n) is 1.44. The van der Waals surface area contributed by atoms with E-state index >= 15 is 0 Å². The average molecular weight is 292 g/mol. The summed E-state index contributed by atoms with van der Waals surface area (Å²) < 4.78 is 35.7. The second-order valence-electron chi connectivity index (χ2n) is 4.13. The summed E-state index contributed by atoms with van der Waals surface area (Å²) in [4.78, 5) is -0.220. The molecule has 0 aliphatic heterocycles. The van der Waals surface area contributed by atoms with Crippen LogP contribution in [0.4, 0.5) is 10.1 Å². The maximum absolute atomic E-state index is 13.6. The minimum atomic E-state index is -3.85. The number of anilines is 1. The van der Waals surface area contributed by atoms with Crippen LogP contribution in [-0.4, -0.2) is 27.0 Å². The number of rotatable bonds is 6. The van der Waals surface area contributed by atoms with Crippen LogP contribution in [0.5, 0.6) is 0 Å². The quantitative estimate of drug-likeness (QED) is 0.840. The van der Waals surface area contributed by atoms with Gasteiger partial charge in [0, 0.05) is 6.54 Å². The number of nitrogens with two attached hydrogens (primary N) is 1. The van der Waals surface area contributed by atoms with Gasteiger partial charge in [0.05, 0.1) is 10.6 Å². The molecule has 102 valence electrons. The summed E-state index contributed by atoms with van der Waals surface area (Å²) >= 11 is 1.73. The van der Waals surface area contributed by atoms with E-state index < -0.39 is 15.8 Å². The van der Waals surface area contributed by atoms with E-state index in [-0.39, 0.29) is 10.6 Å². The van der Waals surface area contributed by atoms with Crippen LogP contribution < -0.4 is 10.5 Å². The zero-order valence-electron chi connectivity index (χ0n) is 10.3. The van der Waals surface area contributed by atoms with E-state index in [2.05, 4.69) is 12.2 Å². The summed E-state index contributed by atoms with van der Waals surface area (Å²) in [6, 6.07) is 3.61. The lowest BCUT2D eigenvalue weighted by atomic mass is 10.2. The maximum Gasteiger partial charge on any atom is 0.238 e. The zero-order valence-corrected chi connectivity index (χ0v) is 11.9. The van der Waals surface area contributed by atoms with Gasteiger partial charge >= 0.3 is 0 Å². The van der Waals surface area contributed by atoms with Crippen LogP contribution in [-0.2, 0) is 10.0 Å². The van der Waals surface area contributed by atoms with Crippen molar-refractivity contribution >= 4 is 27.5 Å². The van der Waals surface area contributed by atoms with E-state index in [1.807, 2.05) is 6.26 Å². The highest BCUT2D eigenvalue weighted by molar-refractivity contribution is 7.98. The molecule has 0 amide bonds. The van der Waals surface area contributed by atoms with Crippen molar-refractivity contribution in [1.29, 1.82) is 0 Å². The smallest absolute Gasteiger partial charge is 0.238 e. The van der Waals surface area contributed by atoms with Crippen LogP contribution in [0.15, 0.2) is 23.1 Å². The third kappa shape index (κ3) is 4.47. The molecule has 0 fully saturated rings. The normalized spacial score (nSPS) is 13.3. The summed E-state index contributed by atoms with van der Waals surface area (Å²) in [7, 11) is -3.85. The third-order valence-corrected chi connectivity index (χ3v) is 4.17.